The van der Waals surface area contributed by atoms with Crippen molar-refractivity contribution in [2.75, 3.05) is 62.0 Å². The van der Waals surface area contributed by atoms with Gasteiger partial charge in [0.2, 0.25) is 5.95 Å². The minimum Gasteiger partial charge on any atom is -0.490 e. The lowest BCUT2D eigenvalue weighted by Crippen LogP contribution is -2.47. The maximum Gasteiger partial charge on any atom is 0.223 e. The molecular weight excluding hydrogens is 554 g/mol. The molecule has 11 nitrogen and oxygen atoms in total. The lowest BCUT2D eigenvalue weighted by atomic mass is 10.2. The van der Waals surface area contributed by atoms with Crippen LogP contribution < -0.4 is 15.4 Å². The fourth-order valence-corrected chi connectivity index (χ4v) is 5.56. The van der Waals surface area contributed by atoms with E-state index >= 15 is 0 Å². The van der Waals surface area contributed by atoms with Gasteiger partial charge in [0.05, 0.1) is 24.9 Å². The monoisotopic (exact) mass is 584 g/mol. The van der Waals surface area contributed by atoms with E-state index in [4.69, 9.17) is 14.9 Å². The molecule has 0 bridgehead atoms. The number of anilines is 2. The quantitative estimate of drug-likeness (QED) is 0.247. The molecule has 0 amide bonds. The highest BCUT2D eigenvalue weighted by atomic mass is 32.2. The van der Waals surface area contributed by atoms with Gasteiger partial charge in [-0.15, -0.1) is 0 Å². The molecule has 2 N–H and O–H groups in total. The van der Waals surface area contributed by atoms with Gasteiger partial charge in [-0.25, -0.2) is 13.8 Å². The summed E-state index contributed by atoms with van der Waals surface area (Å²) in [6, 6.07) is 7.80. The number of nitrogens with zero attached hydrogens (tertiary/aromatic N) is 7. The van der Waals surface area contributed by atoms with E-state index < -0.39 is 22.4 Å². The second-order valence-corrected chi connectivity index (χ2v) is 11.5. The molecule has 1 aliphatic rings. The molecule has 1 aromatic carbocycles. The molecule has 4 aromatic heterocycles. The first kappa shape index (κ1) is 27.1. The fraction of sp³-hybridized carbons (Fsp3) is 0.370. The van der Waals surface area contributed by atoms with Gasteiger partial charge in [-0.2, -0.15) is 14.6 Å². The highest BCUT2D eigenvalue weighted by molar-refractivity contribution is 7.84. The number of piperazine rings is 1. The number of hydrogen-bond donors (Lipinski definition) is 1. The molecule has 1 unspecified atom stereocenters. The molecule has 1 saturated heterocycles. The summed E-state index contributed by atoms with van der Waals surface area (Å²) in [5, 5.41) is 4.51. The standard InChI is InChI=1S/C27H30F2N8O3S/c1-41(38)13-3-12-40-24-16-21(18(28)14-19(24)29)35-8-5-34(6-9-35)7-10-36-17-31-25-22-15-20(23-4-2-11-39-23)33-37(22)27(30)32-26(25)36/h2,4,11,14-17H,3,5-10,12-13H2,1H3,(H2,30,32). The summed E-state index contributed by atoms with van der Waals surface area (Å²) in [5.74, 6) is 0.00706. The summed E-state index contributed by atoms with van der Waals surface area (Å²) in [6.07, 6.45) is 5.48. The van der Waals surface area contributed by atoms with Crippen molar-refractivity contribution < 1.29 is 22.1 Å². The minimum absolute atomic E-state index is 0.00745. The normalized spacial score (nSPS) is 15.2. The molecule has 0 spiro atoms. The number of nitrogens with two attached hydrogens (primary N) is 1. The van der Waals surface area contributed by atoms with E-state index in [1.54, 1.807) is 29.4 Å². The summed E-state index contributed by atoms with van der Waals surface area (Å²) in [7, 11) is -0.942. The van der Waals surface area contributed by atoms with Crippen LogP contribution in [0.5, 0.6) is 5.75 Å². The number of fused-ring (bicyclic) bond motifs is 3. The Morgan fingerprint density at radius 1 is 1.12 bits per heavy atom. The van der Waals surface area contributed by atoms with Gasteiger partial charge in [0, 0.05) is 74.2 Å². The number of imidazole rings is 1. The summed E-state index contributed by atoms with van der Waals surface area (Å²) in [6.45, 7) is 4.17. The summed E-state index contributed by atoms with van der Waals surface area (Å²) >= 11 is 0. The number of rotatable bonds is 10. The van der Waals surface area contributed by atoms with Gasteiger partial charge < -0.3 is 24.4 Å². The van der Waals surface area contributed by atoms with E-state index in [1.165, 1.54) is 6.07 Å². The van der Waals surface area contributed by atoms with Crippen molar-refractivity contribution in [1.29, 1.82) is 0 Å². The van der Waals surface area contributed by atoms with Crippen LogP contribution in [0.2, 0.25) is 0 Å². The minimum atomic E-state index is -0.942. The third-order valence-corrected chi connectivity index (χ3v) is 8.04. The average Bonchev–Trinajstić information content (AvgIpc) is 3.71. The molecule has 41 heavy (non-hydrogen) atoms. The second kappa shape index (κ2) is 11.4. The van der Waals surface area contributed by atoms with Crippen LogP contribution in [0.15, 0.2) is 47.3 Å². The van der Waals surface area contributed by atoms with E-state index in [0.29, 0.717) is 73.2 Å². The zero-order valence-electron chi connectivity index (χ0n) is 22.5. The molecule has 5 heterocycles. The number of hydrogen-bond acceptors (Lipinski definition) is 9. The molecule has 216 valence electrons. The van der Waals surface area contributed by atoms with E-state index in [0.717, 1.165) is 18.1 Å². The molecular formula is C27H30F2N8O3S. The van der Waals surface area contributed by atoms with Crippen molar-refractivity contribution in [2.24, 2.45) is 0 Å². The van der Waals surface area contributed by atoms with Crippen molar-refractivity contribution in [1.82, 2.24) is 29.0 Å². The Morgan fingerprint density at radius 3 is 2.71 bits per heavy atom. The number of halogens is 2. The largest absolute Gasteiger partial charge is 0.490 e. The number of benzene rings is 1. The first-order chi connectivity index (χ1) is 19.9. The molecule has 1 fully saturated rings. The Balaban J connectivity index is 1.09. The van der Waals surface area contributed by atoms with Crippen molar-refractivity contribution in [3.05, 3.63) is 54.6 Å². The Labute approximate surface area is 237 Å². The highest BCUT2D eigenvalue weighted by Crippen LogP contribution is 2.30. The van der Waals surface area contributed by atoms with Gasteiger partial charge in [0.15, 0.2) is 23.0 Å². The summed E-state index contributed by atoms with van der Waals surface area (Å²) in [5.41, 5.74) is 9.31. The second-order valence-electron chi connectivity index (χ2n) is 9.93. The smallest absolute Gasteiger partial charge is 0.223 e. The van der Waals surface area contributed by atoms with Crippen LogP contribution in [0.4, 0.5) is 20.4 Å². The van der Waals surface area contributed by atoms with Crippen molar-refractivity contribution in [3.63, 3.8) is 0 Å². The molecule has 0 saturated carbocycles. The van der Waals surface area contributed by atoms with E-state index in [-0.39, 0.29) is 18.3 Å². The molecule has 0 radical (unpaired) electrons. The van der Waals surface area contributed by atoms with Crippen LogP contribution in [-0.4, -0.2) is 84.6 Å². The van der Waals surface area contributed by atoms with Gasteiger partial charge in [-0.3, -0.25) is 9.11 Å². The van der Waals surface area contributed by atoms with E-state index in [1.807, 2.05) is 21.6 Å². The maximum absolute atomic E-state index is 14.7. The van der Waals surface area contributed by atoms with Gasteiger partial charge in [0.25, 0.3) is 0 Å². The molecule has 1 aliphatic heterocycles. The Morgan fingerprint density at radius 2 is 1.95 bits per heavy atom. The van der Waals surface area contributed by atoms with Crippen LogP contribution in [0.3, 0.4) is 0 Å². The predicted octanol–water partition coefficient (Wildman–Crippen LogP) is 3.17. The molecule has 14 heteroatoms. The molecule has 0 aliphatic carbocycles. The van der Waals surface area contributed by atoms with Crippen LogP contribution >= 0.6 is 0 Å². The first-order valence-electron chi connectivity index (χ1n) is 13.3. The topological polar surface area (TPSA) is 120 Å². The Kier molecular flexibility index (Phi) is 7.58. The van der Waals surface area contributed by atoms with Crippen LogP contribution in [-0.2, 0) is 17.3 Å². The maximum atomic E-state index is 14.7. The van der Waals surface area contributed by atoms with E-state index in [2.05, 4.69) is 20.0 Å². The van der Waals surface area contributed by atoms with Gasteiger partial charge in [-0.05, 0) is 24.6 Å². The highest BCUT2D eigenvalue weighted by Gasteiger charge is 2.22. The number of ether oxygens (including phenoxy) is 1. The Bertz CT molecular complexity index is 1700. The third-order valence-electron chi connectivity index (χ3n) is 7.18. The molecule has 5 aromatic rings. The average molecular weight is 585 g/mol. The van der Waals surface area contributed by atoms with Gasteiger partial charge in [0.1, 0.15) is 22.5 Å². The van der Waals surface area contributed by atoms with Gasteiger partial charge in [-0.1, -0.05) is 0 Å². The van der Waals surface area contributed by atoms with Crippen molar-refractivity contribution in [2.45, 2.75) is 13.0 Å². The first-order valence-corrected chi connectivity index (χ1v) is 15.0. The van der Waals surface area contributed by atoms with Crippen molar-refractivity contribution >= 4 is 39.1 Å². The number of aromatic nitrogens is 5. The lowest BCUT2D eigenvalue weighted by molar-refractivity contribution is 0.248. The zero-order valence-corrected chi connectivity index (χ0v) is 23.3. The zero-order chi connectivity index (χ0) is 28.5. The molecule has 1 atom stereocenters. The fourth-order valence-electron chi connectivity index (χ4n) is 5.04. The van der Waals surface area contributed by atoms with Crippen LogP contribution in [0.1, 0.15) is 6.42 Å². The van der Waals surface area contributed by atoms with E-state index in [9.17, 15) is 13.0 Å². The van der Waals surface area contributed by atoms with Gasteiger partial charge >= 0.3 is 0 Å². The lowest BCUT2D eigenvalue weighted by Gasteiger charge is -2.36. The third kappa shape index (κ3) is 5.61. The summed E-state index contributed by atoms with van der Waals surface area (Å²) in [4.78, 5) is 13.3. The molecule has 6 rings (SSSR count). The number of nitrogen functional groups attached to an aromatic ring is 1. The number of furan rings is 1. The van der Waals surface area contributed by atoms with Crippen LogP contribution in [0.25, 0.3) is 28.1 Å². The van der Waals surface area contributed by atoms with Crippen LogP contribution in [0, 0.1) is 11.6 Å². The summed E-state index contributed by atoms with van der Waals surface area (Å²) < 4.78 is 54.7. The Hall–Kier alpha value is -4.04. The van der Waals surface area contributed by atoms with Crippen molar-refractivity contribution in [3.8, 4) is 17.2 Å². The SMILES string of the molecule is CS(=O)CCCOc1cc(N2CCN(CCn3cnc4c3nc(N)n3nc(-c5ccco5)cc43)CC2)c(F)cc1F. The predicted molar refractivity (Wildman–Crippen MR) is 152 cm³/mol.